The van der Waals surface area contributed by atoms with Crippen molar-refractivity contribution in [3.63, 3.8) is 0 Å². The first-order valence-corrected chi connectivity index (χ1v) is 6.98. The minimum Gasteiger partial charge on any atom is -0.265 e. The van der Waals surface area contributed by atoms with Gasteiger partial charge in [0.25, 0.3) is 0 Å². The quantitative estimate of drug-likeness (QED) is 0.487. The van der Waals surface area contributed by atoms with Gasteiger partial charge in [0.2, 0.25) is 0 Å². The maximum atomic E-state index is 12.7. The third-order valence-electron chi connectivity index (χ3n) is 3.53. The van der Waals surface area contributed by atoms with Gasteiger partial charge < -0.3 is 0 Å². The van der Waals surface area contributed by atoms with E-state index in [4.69, 9.17) is 0 Å². The van der Waals surface area contributed by atoms with Gasteiger partial charge in [0, 0.05) is 4.92 Å². The van der Waals surface area contributed by atoms with Gasteiger partial charge in [-0.15, -0.1) is 0 Å². The summed E-state index contributed by atoms with van der Waals surface area (Å²) in [6.45, 7) is 0. The summed E-state index contributed by atoms with van der Waals surface area (Å²) in [7, 11) is 0. The van der Waals surface area contributed by atoms with E-state index in [2.05, 4.69) is 0 Å². The highest BCUT2D eigenvalue weighted by molar-refractivity contribution is 6.37. The molecule has 0 radical (unpaired) electrons. The normalized spacial score (nSPS) is 15.8. The van der Waals surface area contributed by atoms with Crippen LogP contribution in [-0.4, -0.2) is 28.8 Å². The molecule has 120 valence electrons. The zero-order valence-corrected chi connectivity index (χ0v) is 12.2. The minimum atomic E-state index is -2.16. The minimum absolute atomic E-state index is 0.160. The van der Waals surface area contributed by atoms with Crippen LogP contribution in [0.4, 0.5) is 16.2 Å². The summed E-state index contributed by atoms with van der Waals surface area (Å²) in [4.78, 5) is 49.0. The van der Waals surface area contributed by atoms with Crippen LogP contribution in [0.25, 0.3) is 0 Å². The molecule has 8 heteroatoms. The number of carbonyl (C=O) groups is 3. The molecule has 24 heavy (non-hydrogen) atoms. The Labute approximate surface area is 136 Å². The van der Waals surface area contributed by atoms with Crippen LogP contribution < -0.4 is 9.80 Å². The standard InChI is InChI=1S/C16H11N3O5/c20-14-13(19(23)24)15(21)18(12-9-5-2-6-10-12)16(22)17(14)11-7-3-1-4-8-11/h1-10,13H. The van der Waals surface area contributed by atoms with Gasteiger partial charge in [-0.05, 0) is 24.3 Å². The number of urea groups is 1. The van der Waals surface area contributed by atoms with E-state index in [1.165, 1.54) is 24.3 Å². The van der Waals surface area contributed by atoms with Crippen LogP contribution in [0.3, 0.4) is 0 Å². The second-order valence-corrected chi connectivity index (χ2v) is 4.99. The monoisotopic (exact) mass is 325 g/mol. The van der Waals surface area contributed by atoms with Crippen molar-refractivity contribution >= 4 is 29.2 Å². The lowest BCUT2D eigenvalue weighted by Crippen LogP contribution is -2.65. The van der Waals surface area contributed by atoms with Gasteiger partial charge in [-0.3, -0.25) is 19.7 Å². The molecular formula is C16H11N3O5. The third kappa shape index (κ3) is 2.39. The second-order valence-electron chi connectivity index (χ2n) is 4.99. The molecule has 0 aromatic heterocycles. The second kappa shape index (κ2) is 5.92. The molecule has 3 rings (SSSR count). The van der Waals surface area contributed by atoms with Gasteiger partial charge >= 0.3 is 23.9 Å². The number of para-hydroxylation sites is 2. The summed E-state index contributed by atoms with van der Waals surface area (Å²) in [5.74, 6) is -2.35. The Balaban J connectivity index is 2.13. The van der Waals surface area contributed by atoms with Crippen LogP contribution in [0.2, 0.25) is 0 Å². The molecule has 0 spiro atoms. The Kier molecular flexibility index (Phi) is 3.78. The van der Waals surface area contributed by atoms with E-state index in [9.17, 15) is 24.5 Å². The van der Waals surface area contributed by atoms with E-state index < -0.39 is 28.8 Å². The highest BCUT2D eigenvalue weighted by atomic mass is 16.6. The fourth-order valence-corrected chi connectivity index (χ4v) is 2.45. The molecule has 0 atom stereocenters. The predicted octanol–water partition coefficient (Wildman–Crippen LogP) is 1.83. The molecule has 1 heterocycles. The number of anilines is 2. The summed E-state index contributed by atoms with van der Waals surface area (Å²) in [6, 6.07) is 12.4. The van der Waals surface area contributed by atoms with Crippen LogP contribution in [0.1, 0.15) is 0 Å². The highest BCUT2D eigenvalue weighted by Gasteiger charge is 2.54. The van der Waals surface area contributed by atoms with Crippen LogP contribution >= 0.6 is 0 Å². The van der Waals surface area contributed by atoms with E-state index in [1.54, 1.807) is 36.4 Å². The molecule has 0 bridgehead atoms. The predicted molar refractivity (Wildman–Crippen MR) is 84.0 cm³/mol. The molecule has 1 aliphatic rings. The Bertz CT molecular complexity index is 761. The van der Waals surface area contributed by atoms with Gasteiger partial charge in [0.1, 0.15) is 0 Å². The molecule has 1 aliphatic heterocycles. The zero-order chi connectivity index (χ0) is 17.3. The summed E-state index contributed by atoms with van der Waals surface area (Å²) < 4.78 is 0. The number of benzene rings is 2. The van der Waals surface area contributed by atoms with Gasteiger partial charge in [0.15, 0.2) is 0 Å². The van der Waals surface area contributed by atoms with E-state index in [0.29, 0.717) is 9.80 Å². The van der Waals surface area contributed by atoms with Gasteiger partial charge in [-0.1, -0.05) is 36.4 Å². The van der Waals surface area contributed by atoms with Crippen molar-refractivity contribution in [2.45, 2.75) is 6.04 Å². The number of hydrogen-bond donors (Lipinski definition) is 0. The Morgan fingerprint density at radius 3 is 1.46 bits per heavy atom. The van der Waals surface area contributed by atoms with Gasteiger partial charge in [0.05, 0.1) is 11.4 Å². The topological polar surface area (TPSA) is 101 Å². The molecule has 1 fully saturated rings. The molecule has 0 unspecified atom stereocenters. The molecular weight excluding hydrogens is 314 g/mol. The lowest BCUT2D eigenvalue weighted by molar-refractivity contribution is -0.493. The number of imide groups is 2. The first-order chi connectivity index (χ1) is 11.5. The third-order valence-corrected chi connectivity index (χ3v) is 3.53. The van der Waals surface area contributed by atoms with Gasteiger partial charge in [-0.25, -0.2) is 14.6 Å². The fourth-order valence-electron chi connectivity index (χ4n) is 2.45. The van der Waals surface area contributed by atoms with Crippen molar-refractivity contribution in [2.75, 3.05) is 9.80 Å². The summed E-state index contributed by atoms with van der Waals surface area (Å²) in [6.07, 6.45) is 0. The van der Waals surface area contributed by atoms with Crippen molar-refractivity contribution in [3.05, 3.63) is 70.8 Å². The van der Waals surface area contributed by atoms with Crippen LogP contribution in [0.15, 0.2) is 60.7 Å². The summed E-state index contributed by atoms with van der Waals surface area (Å²) in [5.41, 5.74) is 0.320. The van der Waals surface area contributed by atoms with Crippen LogP contribution in [0, 0.1) is 10.1 Å². The molecule has 2 aromatic rings. The molecule has 0 N–H and O–H groups in total. The number of carbonyl (C=O) groups excluding carboxylic acids is 3. The number of hydrogen-bond acceptors (Lipinski definition) is 5. The number of barbiturate groups is 1. The summed E-state index contributed by atoms with van der Waals surface area (Å²) >= 11 is 0. The number of amides is 4. The van der Waals surface area contributed by atoms with Gasteiger partial charge in [-0.2, -0.15) is 0 Å². The fraction of sp³-hybridized carbons (Fsp3) is 0.0625. The number of nitro groups is 1. The highest BCUT2D eigenvalue weighted by Crippen LogP contribution is 2.27. The van der Waals surface area contributed by atoms with Crippen molar-refractivity contribution in [1.29, 1.82) is 0 Å². The average Bonchev–Trinajstić information content (AvgIpc) is 2.56. The average molecular weight is 325 g/mol. The van der Waals surface area contributed by atoms with E-state index >= 15 is 0 Å². The van der Waals surface area contributed by atoms with Crippen LogP contribution in [0.5, 0.6) is 0 Å². The lowest BCUT2D eigenvalue weighted by Gasteiger charge is -2.33. The maximum absolute atomic E-state index is 12.7. The number of rotatable bonds is 3. The molecule has 4 amide bonds. The molecule has 0 saturated carbocycles. The lowest BCUT2D eigenvalue weighted by atomic mass is 10.1. The largest absolute Gasteiger partial charge is 0.368 e. The summed E-state index contributed by atoms with van der Waals surface area (Å²) in [5, 5.41) is 11.2. The first-order valence-electron chi connectivity index (χ1n) is 6.98. The number of nitrogens with zero attached hydrogens (tertiary/aromatic N) is 3. The Morgan fingerprint density at radius 1 is 0.750 bits per heavy atom. The van der Waals surface area contributed by atoms with E-state index in [-0.39, 0.29) is 11.4 Å². The van der Waals surface area contributed by atoms with Crippen molar-refractivity contribution in [1.82, 2.24) is 0 Å². The van der Waals surface area contributed by atoms with Crippen molar-refractivity contribution in [3.8, 4) is 0 Å². The SMILES string of the molecule is O=C1C([N+](=O)[O-])C(=O)N(c2ccccc2)C(=O)N1c1ccccc1. The Hall–Kier alpha value is -3.55. The Morgan fingerprint density at radius 2 is 1.12 bits per heavy atom. The maximum Gasteiger partial charge on any atom is 0.368 e. The van der Waals surface area contributed by atoms with E-state index in [1.807, 2.05) is 0 Å². The zero-order valence-electron chi connectivity index (χ0n) is 12.2. The van der Waals surface area contributed by atoms with Crippen molar-refractivity contribution < 1.29 is 19.3 Å². The molecule has 8 nitrogen and oxygen atoms in total. The first kappa shape index (κ1) is 15.3. The van der Waals surface area contributed by atoms with Crippen LogP contribution in [-0.2, 0) is 9.59 Å². The molecule has 2 aromatic carbocycles. The smallest absolute Gasteiger partial charge is 0.265 e. The molecule has 1 saturated heterocycles. The van der Waals surface area contributed by atoms with E-state index in [0.717, 1.165) is 0 Å². The van der Waals surface area contributed by atoms with Crippen molar-refractivity contribution in [2.24, 2.45) is 0 Å². The molecule has 0 aliphatic carbocycles.